The summed E-state index contributed by atoms with van der Waals surface area (Å²) in [6, 6.07) is 7.38. The number of methoxy groups -OCH3 is 1. The Labute approximate surface area is 108 Å². The average molecular weight is 248 g/mol. The molecule has 0 fully saturated rings. The van der Waals surface area contributed by atoms with Crippen LogP contribution in [0.15, 0.2) is 18.2 Å². The standard InChI is InChI=1S/C14H20N2O2/c1-10(2)14(3,17)9-16-13-11(8-15)6-5-7-12(13)18-4/h5-7,10,16-17H,9H2,1-4H3. The molecule has 1 aromatic carbocycles. The Bertz CT molecular complexity index is 448. The normalized spacial score (nSPS) is 13.8. The number of para-hydroxylation sites is 1. The molecule has 1 atom stereocenters. The fraction of sp³-hybridized carbons (Fsp3) is 0.500. The van der Waals surface area contributed by atoms with E-state index in [1.54, 1.807) is 32.2 Å². The van der Waals surface area contributed by atoms with Gasteiger partial charge in [0.2, 0.25) is 0 Å². The Kier molecular flexibility index (Phi) is 4.57. The minimum absolute atomic E-state index is 0.116. The second kappa shape index (κ2) is 5.74. The largest absolute Gasteiger partial charge is 0.495 e. The van der Waals surface area contributed by atoms with Gasteiger partial charge in [-0.25, -0.2) is 0 Å². The van der Waals surface area contributed by atoms with Crippen molar-refractivity contribution in [2.24, 2.45) is 5.92 Å². The quantitative estimate of drug-likeness (QED) is 0.839. The highest BCUT2D eigenvalue weighted by Crippen LogP contribution is 2.29. The van der Waals surface area contributed by atoms with Gasteiger partial charge in [-0.1, -0.05) is 19.9 Å². The molecule has 4 heteroatoms. The van der Waals surface area contributed by atoms with E-state index in [2.05, 4.69) is 11.4 Å². The first-order chi connectivity index (χ1) is 8.42. The van der Waals surface area contributed by atoms with Crippen molar-refractivity contribution in [2.75, 3.05) is 19.0 Å². The summed E-state index contributed by atoms with van der Waals surface area (Å²) in [4.78, 5) is 0. The first-order valence-electron chi connectivity index (χ1n) is 5.95. The maximum Gasteiger partial charge on any atom is 0.143 e. The van der Waals surface area contributed by atoms with E-state index in [0.717, 1.165) is 0 Å². The van der Waals surface area contributed by atoms with Crippen molar-refractivity contribution in [1.82, 2.24) is 0 Å². The van der Waals surface area contributed by atoms with E-state index in [4.69, 9.17) is 10.00 Å². The van der Waals surface area contributed by atoms with Crippen LogP contribution in [0.25, 0.3) is 0 Å². The summed E-state index contributed by atoms with van der Waals surface area (Å²) >= 11 is 0. The molecule has 0 saturated heterocycles. The highest BCUT2D eigenvalue weighted by Gasteiger charge is 2.25. The summed E-state index contributed by atoms with van der Waals surface area (Å²) in [7, 11) is 1.56. The lowest BCUT2D eigenvalue weighted by Gasteiger charge is -2.28. The number of ether oxygens (including phenoxy) is 1. The maximum atomic E-state index is 10.2. The van der Waals surface area contributed by atoms with Crippen LogP contribution in [0, 0.1) is 17.2 Å². The van der Waals surface area contributed by atoms with Gasteiger partial charge in [0.25, 0.3) is 0 Å². The van der Waals surface area contributed by atoms with Gasteiger partial charge in [0.15, 0.2) is 0 Å². The molecule has 0 heterocycles. The lowest BCUT2D eigenvalue weighted by molar-refractivity contribution is 0.0266. The predicted molar refractivity (Wildman–Crippen MR) is 71.7 cm³/mol. The zero-order chi connectivity index (χ0) is 13.8. The van der Waals surface area contributed by atoms with Crippen molar-refractivity contribution in [3.8, 4) is 11.8 Å². The van der Waals surface area contributed by atoms with E-state index in [1.165, 1.54) is 0 Å². The summed E-state index contributed by atoms with van der Waals surface area (Å²) in [5, 5.41) is 22.4. The van der Waals surface area contributed by atoms with Gasteiger partial charge in [-0.05, 0) is 25.0 Å². The van der Waals surface area contributed by atoms with Crippen LogP contribution in [0.5, 0.6) is 5.75 Å². The topological polar surface area (TPSA) is 65.3 Å². The van der Waals surface area contributed by atoms with Crippen molar-refractivity contribution in [2.45, 2.75) is 26.4 Å². The Morgan fingerprint density at radius 2 is 2.17 bits per heavy atom. The van der Waals surface area contributed by atoms with Gasteiger partial charge in [-0.3, -0.25) is 0 Å². The van der Waals surface area contributed by atoms with Gasteiger partial charge < -0.3 is 15.2 Å². The van der Waals surface area contributed by atoms with E-state index >= 15 is 0 Å². The molecule has 0 amide bonds. The third-order valence-corrected chi connectivity index (χ3v) is 3.23. The highest BCUT2D eigenvalue weighted by atomic mass is 16.5. The van der Waals surface area contributed by atoms with Crippen molar-refractivity contribution in [3.05, 3.63) is 23.8 Å². The minimum atomic E-state index is -0.840. The Morgan fingerprint density at radius 1 is 1.50 bits per heavy atom. The molecule has 2 N–H and O–H groups in total. The van der Waals surface area contributed by atoms with E-state index in [-0.39, 0.29) is 5.92 Å². The molecule has 1 aromatic rings. The average Bonchev–Trinajstić information content (AvgIpc) is 2.35. The zero-order valence-electron chi connectivity index (χ0n) is 11.3. The molecule has 0 aliphatic carbocycles. The van der Waals surface area contributed by atoms with Crippen LogP contribution in [0.4, 0.5) is 5.69 Å². The van der Waals surface area contributed by atoms with E-state index in [0.29, 0.717) is 23.5 Å². The lowest BCUT2D eigenvalue weighted by atomic mass is 9.92. The van der Waals surface area contributed by atoms with Gasteiger partial charge in [-0.15, -0.1) is 0 Å². The first-order valence-corrected chi connectivity index (χ1v) is 5.95. The monoisotopic (exact) mass is 248 g/mol. The molecule has 1 rings (SSSR count). The molecular formula is C14H20N2O2. The molecular weight excluding hydrogens is 228 g/mol. The molecule has 0 bridgehead atoms. The van der Waals surface area contributed by atoms with Gasteiger partial charge in [0.1, 0.15) is 11.8 Å². The van der Waals surface area contributed by atoms with Crippen LogP contribution >= 0.6 is 0 Å². The van der Waals surface area contributed by atoms with Crippen LogP contribution in [0.1, 0.15) is 26.3 Å². The maximum absolute atomic E-state index is 10.2. The van der Waals surface area contributed by atoms with Crippen LogP contribution in [-0.4, -0.2) is 24.4 Å². The van der Waals surface area contributed by atoms with Crippen LogP contribution < -0.4 is 10.1 Å². The summed E-state index contributed by atoms with van der Waals surface area (Å²) in [6.45, 7) is 6.04. The van der Waals surface area contributed by atoms with E-state index < -0.39 is 5.60 Å². The molecule has 18 heavy (non-hydrogen) atoms. The van der Waals surface area contributed by atoms with Gasteiger partial charge in [0.05, 0.1) is 24.0 Å². The van der Waals surface area contributed by atoms with Gasteiger partial charge in [-0.2, -0.15) is 5.26 Å². The van der Waals surface area contributed by atoms with Crippen LogP contribution in [-0.2, 0) is 0 Å². The van der Waals surface area contributed by atoms with Crippen molar-refractivity contribution in [1.29, 1.82) is 5.26 Å². The van der Waals surface area contributed by atoms with Crippen LogP contribution in [0.3, 0.4) is 0 Å². The molecule has 0 radical (unpaired) electrons. The van der Waals surface area contributed by atoms with Crippen LogP contribution in [0.2, 0.25) is 0 Å². The molecule has 98 valence electrons. The molecule has 0 spiro atoms. The number of nitrogens with one attached hydrogen (secondary N) is 1. The highest BCUT2D eigenvalue weighted by molar-refractivity contribution is 5.66. The van der Waals surface area contributed by atoms with Gasteiger partial charge >= 0.3 is 0 Å². The molecule has 0 aliphatic heterocycles. The Morgan fingerprint density at radius 3 is 2.67 bits per heavy atom. The number of hydrogen-bond acceptors (Lipinski definition) is 4. The number of rotatable bonds is 5. The van der Waals surface area contributed by atoms with Gasteiger partial charge in [0, 0.05) is 6.54 Å². The first kappa shape index (κ1) is 14.3. The molecule has 0 saturated carbocycles. The van der Waals surface area contributed by atoms with E-state index in [9.17, 15) is 5.11 Å². The third kappa shape index (κ3) is 3.14. The summed E-state index contributed by atoms with van der Waals surface area (Å²) in [6.07, 6.45) is 0. The lowest BCUT2D eigenvalue weighted by Crippen LogP contribution is -2.38. The summed E-state index contributed by atoms with van der Waals surface area (Å²) in [5.74, 6) is 0.721. The molecule has 0 aromatic heterocycles. The summed E-state index contributed by atoms with van der Waals surface area (Å²) < 4.78 is 5.22. The van der Waals surface area contributed by atoms with E-state index in [1.807, 2.05) is 13.8 Å². The van der Waals surface area contributed by atoms with Crippen molar-refractivity contribution < 1.29 is 9.84 Å². The minimum Gasteiger partial charge on any atom is -0.495 e. The fourth-order valence-corrected chi connectivity index (χ4v) is 1.45. The molecule has 1 unspecified atom stereocenters. The fourth-order valence-electron chi connectivity index (χ4n) is 1.45. The molecule has 4 nitrogen and oxygen atoms in total. The SMILES string of the molecule is COc1cccc(C#N)c1NCC(C)(O)C(C)C. The zero-order valence-corrected chi connectivity index (χ0v) is 11.3. The number of nitriles is 1. The number of nitrogens with zero attached hydrogens (tertiary/aromatic N) is 1. The molecule has 0 aliphatic rings. The third-order valence-electron chi connectivity index (χ3n) is 3.23. The predicted octanol–water partition coefficient (Wildman–Crippen LogP) is 2.39. The summed E-state index contributed by atoms with van der Waals surface area (Å²) in [5.41, 5.74) is 0.297. The van der Waals surface area contributed by atoms with Crippen molar-refractivity contribution >= 4 is 5.69 Å². The number of hydrogen-bond donors (Lipinski definition) is 2. The smallest absolute Gasteiger partial charge is 0.143 e. The number of benzene rings is 1. The Balaban J connectivity index is 2.94. The second-order valence-corrected chi connectivity index (χ2v) is 4.86. The Hall–Kier alpha value is -1.73. The number of aliphatic hydroxyl groups is 1. The van der Waals surface area contributed by atoms with Crippen molar-refractivity contribution in [3.63, 3.8) is 0 Å². The second-order valence-electron chi connectivity index (χ2n) is 4.86. The number of anilines is 1.